The van der Waals surface area contributed by atoms with Crippen LogP contribution in [0.5, 0.6) is 5.75 Å². The minimum absolute atomic E-state index is 0.0407. The topological polar surface area (TPSA) is 68.2 Å². The number of benzene rings is 1. The van der Waals surface area contributed by atoms with E-state index in [1.165, 1.54) is 0 Å². The van der Waals surface area contributed by atoms with Gasteiger partial charge in [-0.2, -0.15) is 0 Å². The molecule has 2 aromatic heterocycles. The predicted molar refractivity (Wildman–Crippen MR) is 106 cm³/mol. The minimum atomic E-state index is 0.0407. The van der Waals surface area contributed by atoms with Gasteiger partial charge in [0.25, 0.3) is 5.91 Å². The minimum Gasteiger partial charge on any atom is -0.497 e. The highest BCUT2D eigenvalue weighted by molar-refractivity contribution is 5.94. The second-order valence-corrected chi connectivity index (χ2v) is 6.85. The average Bonchev–Trinajstić information content (AvgIpc) is 2.79. The van der Waals surface area contributed by atoms with E-state index in [2.05, 4.69) is 15.0 Å². The van der Waals surface area contributed by atoms with Crippen LogP contribution >= 0.6 is 0 Å². The van der Waals surface area contributed by atoms with Crippen molar-refractivity contribution in [3.8, 4) is 17.0 Å². The van der Waals surface area contributed by atoms with E-state index in [0.717, 1.165) is 42.1 Å². The van der Waals surface area contributed by atoms with Gasteiger partial charge < -0.3 is 9.64 Å². The van der Waals surface area contributed by atoms with Crippen molar-refractivity contribution in [3.05, 3.63) is 72.4 Å². The molecule has 4 rings (SSSR count). The molecule has 1 aromatic carbocycles. The van der Waals surface area contributed by atoms with Crippen LogP contribution in [0.25, 0.3) is 11.3 Å². The van der Waals surface area contributed by atoms with Gasteiger partial charge in [-0.3, -0.25) is 19.7 Å². The van der Waals surface area contributed by atoms with Crippen molar-refractivity contribution in [1.29, 1.82) is 0 Å². The molecule has 1 aliphatic heterocycles. The van der Waals surface area contributed by atoms with Crippen LogP contribution in [0.1, 0.15) is 34.8 Å². The number of pyridine rings is 1. The molecular formula is C22H22N4O2. The fraction of sp³-hybridized carbons (Fsp3) is 0.273. The van der Waals surface area contributed by atoms with Crippen LogP contribution in [0.4, 0.5) is 0 Å². The van der Waals surface area contributed by atoms with Crippen LogP contribution in [0, 0.1) is 0 Å². The van der Waals surface area contributed by atoms with Crippen LogP contribution < -0.4 is 4.74 Å². The summed E-state index contributed by atoms with van der Waals surface area (Å²) >= 11 is 0. The Hall–Kier alpha value is -3.28. The fourth-order valence-electron chi connectivity index (χ4n) is 3.70. The first-order valence-electron chi connectivity index (χ1n) is 9.41. The molecule has 0 N–H and O–H groups in total. The molecule has 1 atom stereocenters. The normalized spacial score (nSPS) is 16.6. The van der Waals surface area contributed by atoms with Crippen molar-refractivity contribution in [2.75, 3.05) is 20.2 Å². The lowest BCUT2D eigenvalue weighted by Crippen LogP contribution is -2.39. The summed E-state index contributed by atoms with van der Waals surface area (Å²) in [5.74, 6) is 0.973. The van der Waals surface area contributed by atoms with Crippen molar-refractivity contribution >= 4 is 5.91 Å². The molecule has 1 amide bonds. The third kappa shape index (κ3) is 3.71. The molecule has 28 heavy (non-hydrogen) atoms. The zero-order chi connectivity index (χ0) is 19.3. The third-order valence-corrected chi connectivity index (χ3v) is 5.09. The van der Waals surface area contributed by atoms with E-state index in [-0.39, 0.29) is 11.8 Å². The maximum Gasteiger partial charge on any atom is 0.253 e. The number of methoxy groups -OCH3 is 1. The second kappa shape index (κ2) is 8.17. The third-order valence-electron chi connectivity index (χ3n) is 5.09. The standard InChI is InChI=1S/C22H22N4O2/c1-28-19-6-2-4-17(14-19)20-21(25-12-11-24-20)18-5-3-13-26(15-18)22(27)16-7-9-23-10-8-16/h2,4,6-12,14,18H,3,5,13,15H2,1H3/t18-/m1/s1. The van der Waals surface area contributed by atoms with Crippen molar-refractivity contribution < 1.29 is 9.53 Å². The summed E-state index contributed by atoms with van der Waals surface area (Å²) < 4.78 is 5.35. The van der Waals surface area contributed by atoms with Crippen LogP contribution in [0.2, 0.25) is 0 Å². The first-order chi connectivity index (χ1) is 13.8. The smallest absolute Gasteiger partial charge is 0.253 e. The molecule has 0 spiro atoms. The average molecular weight is 374 g/mol. The number of ether oxygens (including phenoxy) is 1. The molecule has 6 heteroatoms. The Morgan fingerprint density at radius 2 is 1.93 bits per heavy atom. The van der Waals surface area contributed by atoms with Gasteiger partial charge in [0.15, 0.2) is 0 Å². The Labute approximate surface area is 164 Å². The molecule has 6 nitrogen and oxygen atoms in total. The lowest BCUT2D eigenvalue weighted by atomic mass is 9.91. The Bertz CT molecular complexity index is 962. The quantitative estimate of drug-likeness (QED) is 0.698. The number of aromatic nitrogens is 3. The molecular weight excluding hydrogens is 352 g/mol. The molecule has 0 radical (unpaired) electrons. The molecule has 0 saturated carbocycles. The lowest BCUT2D eigenvalue weighted by Gasteiger charge is -2.33. The van der Waals surface area contributed by atoms with Gasteiger partial charge in [-0.25, -0.2) is 0 Å². The molecule has 0 bridgehead atoms. The molecule has 1 saturated heterocycles. The molecule has 0 unspecified atom stereocenters. The maximum atomic E-state index is 12.9. The highest BCUT2D eigenvalue weighted by atomic mass is 16.5. The van der Waals surface area contributed by atoms with E-state index < -0.39 is 0 Å². The number of hydrogen-bond acceptors (Lipinski definition) is 5. The summed E-state index contributed by atoms with van der Waals surface area (Å²) in [7, 11) is 1.65. The van der Waals surface area contributed by atoms with Gasteiger partial charge >= 0.3 is 0 Å². The fourth-order valence-corrected chi connectivity index (χ4v) is 3.70. The number of amides is 1. The van der Waals surface area contributed by atoms with Crippen LogP contribution in [0.3, 0.4) is 0 Å². The maximum absolute atomic E-state index is 12.9. The molecule has 0 aliphatic carbocycles. The number of piperidine rings is 1. The van der Waals surface area contributed by atoms with Crippen molar-refractivity contribution in [2.45, 2.75) is 18.8 Å². The summed E-state index contributed by atoms with van der Waals surface area (Å²) in [6.07, 6.45) is 8.66. The van der Waals surface area contributed by atoms with Crippen molar-refractivity contribution in [1.82, 2.24) is 19.9 Å². The monoisotopic (exact) mass is 374 g/mol. The number of rotatable bonds is 4. The summed E-state index contributed by atoms with van der Waals surface area (Å²) in [6.45, 7) is 1.39. The zero-order valence-electron chi connectivity index (χ0n) is 15.8. The number of carbonyl (C=O) groups excluding carboxylic acids is 1. The van der Waals surface area contributed by atoms with E-state index >= 15 is 0 Å². The van der Waals surface area contributed by atoms with Crippen LogP contribution in [-0.4, -0.2) is 46.0 Å². The number of hydrogen-bond donors (Lipinski definition) is 0. The predicted octanol–water partition coefficient (Wildman–Crippen LogP) is 3.57. The van der Waals surface area contributed by atoms with Gasteiger partial charge in [0.05, 0.1) is 18.5 Å². The molecule has 3 aromatic rings. The Morgan fingerprint density at radius 3 is 2.75 bits per heavy atom. The Morgan fingerprint density at radius 1 is 1.11 bits per heavy atom. The van der Waals surface area contributed by atoms with Gasteiger partial charge in [-0.05, 0) is 37.1 Å². The number of carbonyl (C=O) groups is 1. The van der Waals surface area contributed by atoms with Gasteiger partial charge in [0.1, 0.15) is 5.75 Å². The van der Waals surface area contributed by atoms with Crippen molar-refractivity contribution in [3.63, 3.8) is 0 Å². The molecule has 1 aliphatic rings. The molecule has 3 heterocycles. The lowest BCUT2D eigenvalue weighted by molar-refractivity contribution is 0.0706. The van der Waals surface area contributed by atoms with E-state index in [4.69, 9.17) is 4.74 Å². The summed E-state index contributed by atoms with van der Waals surface area (Å²) in [5.41, 5.74) is 3.43. The second-order valence-electron chi connectivity index (χ2n) is 6.85. The van der Waals surface area contributed by atoms with E-state index in [9.17, 15) is 4.79 Å². The summed E-state index contributed by atoms with van der Waals surface area (Å²) in [4.78, 5) is 28.0. The zero-order valence-corrected chi connectivity index (χ0v) is 15.8. The van der Waals surface area contributed by atoms with Gasteiger partial charge in [-0.15, -0.1) is 0 Å². The Balaban J connectivity index is 1.62. The number of likely N-dealkylation sites (tertiary alicyclic amines) is 1. The van der Waals surface area contributed by atoms with E-state index in [1.807, 2.05) is 29.2 Å². The molecule has 142 valence electrons. The first kappa shape index (κ1) is 18.1. The van der Waals surface area contributed by atoms with Gasteiger partial charge in [-0.1, -0.05) is 12.1 Å². The Kier molecular flexibility index (Phi) is 5.28. The number of nitrogens with zero attached hydrogens (tertiary/aromatic N) is 4. The summed E-state index contributed by atoms with van der Waals surface area (Å²) in [5, 5.41) is 0. The molecule has 1 fully saturated rings. The highest BCUT2D eigenvalue weighted by Crippen LogP contribution is 2.33. The van der Waals surface area contributed by atoms with E-state index in [0.29, 0.717) is 12.1 Å². The van der Waals surface area contributed by atoms with Gasteiger partial charge in [0, 0.05) is 54.9 Å². The van der Waals surface area contributed by atoms with Crippen LogP contribution in [0.15, 0.2) is 61.2 Å². The highest BCUT2D eigenvalue weighted by Gasteiger charge is 2.28. The van der Waals surface area contributed by atoms with Crippen LogP contribution in [-0.2, 0) is 0 Å². The van der Waals surface area contributed by atoms with Crippen molar-refractivity contribution in [2.24, 2.45) is 0 Å². The van der Waals surface area contributed by atoms with Gasteiger partial charge in [0.2, 0.25) is 0 Å². The van der Waals surface area contributed by atoms with E-state index in [1.54, 1.807) is 44.0 Å². The summed E-state index contributed by atoms with van der Waals surface area (Å²) in [6, 6.07) is 11.4. The largest absolute Gasteiger partial charge is 0.497 e. The first-order valence-corrected chi connectivity index (χ1v) is 9.41. The SMILES string of the molecule is COc1cccc(-c2nccnc2[C@@H]2CCCN(C(=O)c3ccncc3)C2)c1.